The second-order valence-electron chi connectivity index (χ2n) is 4.56. The molecular weight excluding hydrogens is 343 g/mol. The molecule has 0 spiro atoms. The summed E-state index contributed by atoms with van der Waals surface area (Å²) in [6, 6.07) is 11.1. The van der Waals surface area contributed by atoms with Crippen molar-refractivity contribution in [2.45, 2.75) is 13.1 Å². The summed E-state index contributed by atoms with van der Waals surface area (Å²) < 4.78 is 14.7. The minimum atomic E-state index is -0.294. The molecule has 0 aliphatic heterocycles. The van der Waals surface area contributed by atoms with Crippen molar-refractivity contribution < 1.29 is 4.39 Å². The molecular formula is C15H15BrClFN2. The summed E-state index contributed by atoms with van der Waals surface area (Å²) in [5.41, 5.74) is 7.86. The molecule has 2 N–H and O–H groups in total. The molecule has 5 heteroatoms. The minimum absolute atomic E-state index is 0.294. The predicted octanol–water partition coefficient (Wildman–Crippen LogP) is 4.34. The first-order valence-corrected chi connectivity index (χ1v) is 7.32. The number of halogens is 3. The average molecular weight is 358 g/mol. The van der Waals surface area contributed by atoms with E-state index < -0.39 is 0 Å². The van der Waals surface area contributed by atoms with Crippen LogP contribution in [-0.4, -0.2) is 7.05 Å². The highest BCUT2D eigenvalue weighted by Crippen LogP contribution is 2.29. The SMILES string of the molecule is CN(Cc1cccc(Cl)c1)c1ccc(CN)c(Br)c1F. The number of anilines is 1. The molecule has 0 aromatic heterocycles. The molecule has 0 aliphatic rings. The molecule has 2 rings (SSSR count). The Labute approximate surface area is 131 Å². The molecule has 0 atom stereocenters. The summed E-state index contributed by atoms with van der Waals surface area (Å²) in [6.45, 7) is 0.877. The van der Waals surface area contributed by atoms with Gasteiger partial charge in [-0.05, 0) is 45.3 Å². The van der Waals surface area contributed by atoms with Crippen molar-refractivity contribution in [3.8, 4) is 0 Å². The van der Waals surface area contributed by atoms with Gasteiger partial charge in [0.05, 0.1) is 10.2 Å². The fourth-order valence-corrected chi connectivity index (χ4v) is 2.74. The van der Waals surface area contributed by atoms with Gasteiger partial charge < -0.3 is 10.6 Å². The van der Waals surface area contributed by atoms with Crippen LogP contribution in [0, 0.1) is 5.82 Å². The van der Waals surface area contributed by atoms with Gasteiger partial charge in [0.25, 0.3) is 0 Å². The third-order valence-electron chi connectivity index (χ3n) is 3.08. The topological polar surface area (TPSA) is 29.3 Å². The third-order valence-corrected chi connectivity index (χ3v) is 4.17. The monoisotopic (exact) mass is 356 g/mol. The van der Waals surface area contributed by atoms with E-state index in [1.807, 2.05) is 42.3 Å². The van der Waals surface area contributed by atoms with Gasteiger partial charge in [-0.3, -0.25) is 0 Å². The summed E-state index contributed by atoms with van der Waals surface area (Å²) in [6.07, 6.45) is 0. The highest BCUT2D eigenvalue weighted by atomic mass is 79.9. The molecule has 0 radical (unpaired) electrons. The maximum absolute atomic E-state index is 14.3. The molecule has 0 amide bonds. The van der Waals surface area contributed by atoms with Crippen molar-refractivity contribution in [1.29, 1.82) is 0 Å². The van der Waals surface area contributed by atoms with Gasteiger partial charge in [-0.25, -0.2) is 4.39 Å². The van der Waals surface area contributed by atoms with Crippen LogP contribution in [-0.2, 0) is 13.1 Å². The number of nitrogens with two attached hydrogens (primary N) is 1. The quantitative estimate of drug-likeness (QED) is 0.882. The molecule has 2 aromatic rings. The van der Waals surface area contributed by atoms with Crippen molar-refractivity contribution in [1.82, 2.24) is 0 Å². The largest absolute Gasteiger partial charge is 0.368 e. The fourth-order valence-electron chi connectivity index (χ4n) is 2.03. The Morgan fingerprint density at radius 3 is 2.70 bits per heavy atom. The Morgan fingerprint density at radius 1 is 1.30 bits per heavy atom. The molecule has 0 saturated carbocycles. The van der Waals surface area contributed by atoms with Crippen LogP contribution in [0.4, 0.5) is 10.1 Å². The number of rotatable bonds is 4. The summed E-state index contributed by atoms with van der Waals surface area (Å²) in [5.74, 6) is -0.294. The highest BCUT2D eigenvalue weighted by molar-refractivity contribution is 9.10. The second-order valence-corrected chi connectivity index (χ2v) is 5.79. The number of benzene rings is 2. The van der Waals surface area contributed by atoms with Gasteiger partial charge >= 0.3 is 0 Å². The van der Waals surface area contributed by atoms with Crippen molar-refractivity contribution in [3.63, 3.8) is 0 Å². The number of hydrogen-bond donors (Lipinski definition) is 1. The Hall–Kier alpha value is -1.10. The van der Waals surface area contributed by atoms with E-state index in [1.165, 1.54) is 0 Å². The van der Waals surface area contributed by atoms with Crippen LogP contribution >= 0.6 is 27.5 Å². The molecule has 0 heterocycles. The van der Waals surface area contributed by atoms with Gasteiger partial charge in [-0.15, -0.1) is 0 Å². The Morgan fingerprint density at radius 2 is 2.05 bits per heavy atom. The number of nitrogens with zero attached hydrogens (tertiary/aromatic N) is 1. The minimum Gasteiger partial charge on any atom is -0.368 e. The zero-order valence-electron chi connectivity index (χ0n) is 11.0. The van der Waals surface area contributed by atoms with Crippen molar-refractivity contribution in [3.05, 3.63) is 62.8 Å². The molecule has 0 saturated heterocycles. The van der Waals surface area contributed by atoms with Crippen LogP contribution in [0.5, 0.6) is 0 Å². The van der Waals surface area contributed by atoms with E-state index in [2.05, 4.69) is 15.9 Å². The van der Waals surface area contributed by atoms with Gasteiger partial charge in [0, 0.05) is 25.2 Å². The normalized spacial score (nSPS) is 10.7. The third kappa shape index (κ3) is 3.32. The van der Waals surface area contributed by atoms with Crippen molar-refractivity contribution in [2.24, 2.45) is 5.73 Å². The van der Waals surface area contributed by atoms with Crippen LogP contribution in [0.15, 0.2) is 40.9 Å². The molecule has 2 aromatic carbocycles. The lowest BCUT2D eigenvalue weighted by atomic mass is 10.1. The summed E-state index contributed by atoms with van der Waals surface area (Å²) in [7, 11) is 1.84. The van der Waals surface area contributed by atoms with Crippen LogP contribution in [0.25, 0.3) is 0 Å². The maximum atomic E-state index is 14.3. The van der Waals surface area contributed by atoms with Crippen LogP contribution in [0.1, 0.15) is 11.1 Å². The standard InChI is InChI=1S/C15H15BrClFN2/c1-20(9-10-3-2-4-12(17)7-10)13-6-5-11(8-19)14(16)15(13)18/h2-7H,8-9,19H2,1H3. The first kappa shape index (κ1) is 15.3. The molecule has 20 heavy (non-hydrogen) atoms. The molecule has 0 bridgehead atoms. The van der Waals surface area contributed by atoms with Crippen molar-refractivity contribution in [2.75, 3.05) is 11.9 Å². The lowest BCUT2D eigenvalue weighted by molar-refractivity contribution is 0.613. The second kappa shape index (κ2) is 6.57. The van der Waals surface area contributed by atoms with E-state index in [4.69, 9.17) is 17.3 Å². The van der Waals surface area contributed by atoms with E-state index >= 15 is 0 Å². The zero-order chi connectivity index (χ0) is 14.7. The van der Waals surface area contributed by atoms with E-state index in [0.717, 1.165) is 11.1 Å². The average Bonchev–Trinajstić information content (AvgIpc) is 2.41. The predicted molar refractivity (Wildman–Crippen MR) is 85.6 cm³/mol. The molecule has 106 valence electrons. The molecule has 0 fully saturated rings. The highest BCUT2D eigenvalue weighted by Gasteiger charge is 2.14. The van der Waals surface area contributed by atoms with Crippen LogP contribution in [0.2, 0.25) is 5.02 Å². The van der Waals surface area contributed by atoms with Crippen LogP contribution in [0.3, 0.4) is 0 Å². The first-order chi connectivity index (χ1) is 9.52. The fraction of sp³-hybridized carbons (Fsp3) is 0.200. The Bertz CT molecular complexity index is 619. The lowest BCUT2D eigenvalue weighted by Crippen LogP contribution is -2.18. The van der Waals surface area contributed by atoms with Gasteiger partial charge in [0.15, 0.2) is 5.82 Å². The first-order valence-electron chi connectivity index (χ1n) is 6.15. The number of hydrogen-bond acceptors (Lipinski definition) is 2. The summed E-state index contributed by atoms with van der Waals surface area (Å²) in [5, 5.41) is 0.677. The molecule has 2 nitrogen and oxygen atoms in total. The van der Waals surface area contributed by atoms with Crippen LogP contribution < -0.4 is 10.6 Å². The molecule has 0 unspecified atom stereocenters. The molecule has 0 aliphatic carbocycles. The van der Waals surface area contributed by atoms with Gasteiger partial charge in [0.2, 0.25) is 0 Å². The van der Waals surface area contributed by atoms with E-state index in [9.17, 15) is 4.39 Å². The Kier molecular flexibility index (Phi) is 5.02. The van der Waals surface area contributed by atoms with Gasteiger partial charge in [0.1, 0.15) is 0 Å². The zero-order valence-corrected chi connectivity index (χ0v) is 13.4. The van der Waals surface area contributed by atoms with Gasteiger partial charge in [-0.1, -0.05) is 29.8 Å². The maximum Gasteiger partial charge on any atom is 0.160 e. The van der Waals surface area contributed by atoms with Gasteiger partial charge in [-0.2, -0.15) is 0 Å². The van der Waals surface area contributed by atoms with E-state index in [-0.39, 0.29) is 5.82 Å². The van der Waals surface area contributed by atoms with E-state index in [1.54, 1.807) is 6.07 Å². The Balaban J connectivity index is 2.25. The van der Waals surface area contributed by atoms with E-state index in [0.29, 0.717) is 28.3 Å². The summed E-state index contributed by atoms with van der Waals surface area (Å²) in [4.78, 5) is 1.84. The smallest absolute Gasteiger partial charge is 0.160 e. The summed E-state index contributed by atoms with van der Waals surface area (Å²) >= 11 is 9.21. The lowest BCUT2D eigenvalue weighted by Gasteiger charge is -2.21. The van der Waals surface area contributed by atoms with Crippen molar-refractivity contribution >= 4 is 33.2 Å².